The van der Waals surface area contributed by atoms with Gasteiger partial charge in [-0.3, -0.25) is 4.79 Å². The second kappa shape index (κ2) is 5.38. The van der Waals surface area contributed by atoms with Gasteiger partial charge in [0, 0.05) is 14.7 Å². The Morgan fingerprint density at radius 2 is 2.38 bits per heavy atom. The lowest BCUT2D eigenvalue weighted by Gasteiger charge is -1.93. The molecule has 0 bridgehead atoms. The van der Waals surface area contributed by atoms with Crippen LogP contribution in [0.3, 0.4) is 0 Å². The molecule has 6 heteroatoms. The minimum absolute atomic E-state index is 0.179. The van der Waals surface area contributed by atoms with Crippen LogP contribution in [0.4, 0.5) is 0 Å². The first-order chi connectivity index (χ1) is 7.75. The topological polar surface area (TPSA) is 41.5 Å². The fourth-order valence-electron chi connectivity index (χ4n) is 1.01. The normalized spacial score (nSPS) is 10.8. The Hall–Kier alpha value is -0.980. The summed E-state index contributed by atoms with van der Waals surface area (Å²) in [7, 11) is 0. The zero-order valence-electron chi connectivity index (χ0n) is 8.01. The Bertz CT molecular complexity index is 505. The van der Waals surface area contributed by atoms with Crippen molar-refractivity contribution in [2.75, 3.05) is 0 Å². The molecule has 2 aromatic heterocycles. The van der Waals surface area contributed by atoms with Gasteiger partial charge >= 0.3 is 0 Å². The number of amides is 1. The van der Waals surface area contributed by atoms with Gasteiger partial charge in [0.1, 0.15) is 0 Å². The van der Waals surface area contributed by atoms with Crippen molar-refractivity contribution >= 4 is 50.7 Å². The molecule has 2 rings (SSSR count). The van der Waals surface area contributed by atoms with Gasteiger partial charge in [0.15, 0.2) is 0 Å². The highest BCUT2D eigenvalue weighted by Crippen LogP contribution is 2.17. The van der Waals surface area contributed by atoms with Crippen LogP contribution in [0.15, 0.2) is 38.5 Å². The Morgan fingerprint density at radius 3 is 3.00 bits per heavy atom. The number of nitrogens with one attached hydrogen (secondary N) is 1. The van der Waals surface area contributed by atoms with Gasteiger partial charge in [0.25, 0.3) is 5.91 Å². The molecule has 0 aliphatic heterocycles. The minimum atomic E-state index is -0.179. The van der Waals surface area contributed by atoms with Gasteiger partial charge in [-0.2, -0.15) is 5.10 Å². The lowest BCUT2D eigenvalue weighted by molar-refractivity contribution is 0.0959. The molecule has 0 spiro atoms. The molecule has 3 nitrogen and oxygen atoms in total. The van der Waals surface area contributed by atoms with Crippen LogP contribution in [-0.4, -0.2) is 12.1 Å². The maximum atomic E-state index is 11.5. The van der Waals surface area contributed by atoms with E-state index in [1.165, 1.54) is 11.3 Å². The number of hydrazone groups is 1. The molecule has 1 amide bonds. The van der Waals surface area contributed by atoms with E-state index in [1.807, 2.05) is 22.9 Å². The maximum absolute atomic E-state index is 11.5. The van der Waals surface area contributed by atoms with E-state index >= 15 is 0 Å². The number of carbonyl (C=O) groups is 1. The third-order valence-corrected chi connectivity index (χ3v) is 4.19. The summed E-state index contributed by atoms with van der Waals surface area (Å²) in [4.78, 5) is 13.1. The number of carbonyl (C=O) groups excluding carboxylic acids is 1. The van der Waals surface area contributed by atoms with E-state index in [0.717, 1.165) is 9.35 Å². The SMILES string of the molecule is O=C(N/N=C\c1cc(Br)cs1)c1cccs1. The summed E-state index contributed by atoms with van der Waals surface area (Å²) >= 11 is 6.29. The molecule has 0 saturated carbocycles. The van der Waals surface area contributed by atoms with Crippen LogP contribution < -0.4 is 5.43 Å². The molecular weight excluding hydrogens is 308 g/mol. The first-order valence-corrected chi connectivity index (χ1v) is 6.92. The highest BCUT2D eigenvalue weighted by Gasteiger charge is 2.03. The van der Waals surface area contributed by atoms with Gasteiger partial charge in [-0.25, -0.2) is 5.43 Å². The Kier molecular flexibility index (Phi) is 3.87. The molecule has 2 aromatic rings. The van der Waals surface area contributed by atoms with Crippen LogP contribution in [0.1, 0.15) is 14.5 Å². The smallest absolute Gasteiger partial charge is 0.266 e. The molecule has 0 fully saturated rings. The van der Waals surface area contributed by atoms with E-state index in [-0.39, 0.29) is 5.91 Å². The summed E-state index contributed by atoms with van der Waals surface area (Å²) in [5.74, 6) is -0.179. The zero-order chi connectivity index (χ0) is 11.4. The van der Waals surface area contributed by atoms with Gasteiger partial charge < -0.3 is 0 Å². The molecule has 0 aromatic carbocycles. The average Bonchev–Trinajstić information content (AvgIpc) is 2.89. The van der Waals surface area contributed by atoms with E-state index < -0.39 is 0 Å². The largest absolute Gasteiger partial charge is 0.281 e. The molecule has 82 valence electrons. The van der Waals surface area contributed by atoms with Crippen molar-refractivity contribution in [1.29, 1.82) is 0 Å². The first kappa shape index (κ1) is 11.5. The number of hydrogen-bond acceptors (Lipinski definition) is 4. The zero-order valence-corrected chi connectivity index (χ0v) is 11.2. The molecule has 16 heavy (non-hydrogen) atoms. The van der Waals surface area contributed by atoms with Gasteiger partial charge in [-0.15, -0.1) is 22.7 Å². The number of halogens is 1. The Balaban J connectivity index is 1.93. The lowest BCUT2D eigenvalue weighted by atomic mass is 10.4. The van der Waals surface area contributed by atoms with Crippen LogP contribution in [0.5, 0.6) is 0 Å². The third kappa shape index (κ3) is 3.01. The van der Waals surface area contributed by atoms with Crippen molar-refractivity contribution in [2.45, 2.75) is 0 Å². The van der Waals surface area contributed by atoms with Crippen molar-refractivity contribution < 1.29 is 4.79 Å². The third-order valence-electron chi connectivity index (χ3n) is 1.69. The summed E-state index contributed by atoms with van der Waals surface area (Å²) < 4.78 is 1.02. The van der Waals surface area contributed by atoms with Gasteiger partial charge in [-0.1, -0.05) is 6.07 Å². The second-order valence-electron chi connectivity index (χ2n) is 2.84. The minimum Gasteiger partial charge on any atom is -0.266 e. The van der Waals surface area contributed by atoms with Crippen LogP contribution in [0.2, 0.25) is 0 Å². The van der Waals surface area contributed by atoms with Crippen molar-refractivity contribution in [3.63, 3.8) is 0 Å². The standard InChI is InChI=1S/C10H7BrN2OS2/c11-7-4-8(16-6-7)5-12-13-10(14)9-2-1-3-15-9/h1-6H,(H,13,14)/b12-5-. The molecule has 0 radical (unpaired) electrons. The second-order valence-corrected chi connectivity index (χ2v) is 5.65. The molecule has 2 heterocycles. The lowest BCUT2D eigenvalue weighted by Crippen LogP contribution is -2.15. The van der Waals surface area contributed by atoms with Crippen LogP contribution in [-0.2, 0) is 0 Å². The fraction of sp³-hybridized carbons (Fsp3) is 0. The molecular formula is C10H7BrN2OS2. The molecule has 0 saturated heterocycles. The van der Waals surface area contributed by atoms with Crippen molar-refractivity contribution in [1.82, 2.24) is 5.43 Å². The van der Waals surface area contributed by atoms with Crippen LogP contribution in [0, 0.1) is 0 Å². The van der Waals surface area contributed by atoms with E-state index in [9.17, 15) is 4.79 Å². The Labute approximate surface area is 109 Å². The maximum Gasteiger partial charge on any atom is 0.281 e. The number of hydrogen-bond donors (Lipinski definition) is 1. The summed E-state index contributed by atoms with van der Waals surface area (Å²) in [5, 5.41) is 7.70. The summed E-state index contributed by atoms with van der Waals surface area (Å²) in [6.07, 6.45) is 1.63. The van der Waals surface area contributed by atoms with Crippen molar-refractivity contribution in [3.8, 4) is 0 Å². The van der Waals surface area contributed by atoms with Crippen LogP contribution >= 0.6 is 38.6 Å². The van der Waals surface area contributed by atoms with Gasteiger partial charge in [-0.05, 0) is 33.4 Å². The van der Waals surface area contributed by atoms with Gasteiger partial charge in [0.05, 0.1) is 11.1 Å². The Morgan fingerprint density at radius 1 is 1.50 bits per heavy atom. The fourth-order valence-corrected chi connectivity index (χ4v) is 2.93. The highest BCUT2D eigenvalue weighted by atomic mass is 79.9. The van der Waals surface area contributed by atoms with E-state index in [0.29, 0.717) is 4.88 Å². The molecule has 0 aliphatic carbocycles. The summed E-state index contributed by atoms with van der Waals surface area (Å²) in [6, 6.07) is 5.53. The summed E-state index contributed by atoms with van der Waals surface area (Å²) in [6.45, 7) is 0. The molecule has 0 aliphatic rings. The number of rotatable bonds is 3. The highest BCUT2D eigenvalue weighted by molar-refractivity contribution is 9.10. The first-order valence-electron chi connectivity index (χ1n) is 4.36. The van der Waals surface area contributed by atoms with Crippen LogP contribution in [0.25, 0.3) is 0 Å². The van der Waals surface area contributed by atoms with Crippen molar-refractivity contribution in [2.24, 2.45) is 5.10 Å². The number of thiophene rings is 2. The van der Waals surface area contributed by atoms with Gasteiger partial charge in [0.2, 0.25) is 0 Å². The predicted molar refractivity (Wildman–Crippen MR) is 71.4 cm³/mol. The van der Waals surface area contributed by atoms with E-state index in [2.05, 4.69) is 26.5 Å². The molecule has 0 atom stereocenters. The average molecular weight is 315 g/mol. The van der Waals surface area contributed by atoms with E-state index in [1.54, 1.807) is 23.6 Å². The van der Waals surface area contributed by atoms with Crippen molar-refractivity contribution in [3.05, 3.63) is 43.2 Å². The predicted octanol–water partition coefficient (Wildman–Crippen LogP) is 3.34. The molecule has 1 N–H and O–H groups in total. The van der Waals surface area contributed by atoms with E-state index in [4.69, 9.17) is 0 Å². The quantitative estimate of drug-likeness (QED) is 0.685. The number of nitrogens with zero attached hydrogens (tertiary/aromatic N) is 1. The summed E-state index contributed by atoms with van der Waals surface area (Å²) in [5.41, 5.74) is 2.48. The molecule has 0 unspecified atom stereocenters. The monoisotopic (exact) mass is 314 g/mol.